The van der Waals surface area contributed by atoms with Crippen molar-refractivity contribution in [2.24, 2.45) is 0 Å². The van der Waals surface area contributed by atoms with E-state index in [2.05, 4.69) is 26.2 Å². The number of nitrogens with one attached hydrogen (secondary N) is 1. The maximum absolute atomic E-state index is 5.56. The molecule has 0 atom stereocenters. The van der Waals surface area contributed by atoms with Crippen LogP contribution in [-0.4, -0.2) is 18.1 Å². The van der Waals surface area contributed by atoms with Crippen LogP contribution in [0, 0.1) is 0 Å². The second-order valence-electron chi connectivity index (χ2n) is 3.45. The third-order valence-electron chi connectivity index (χ3n) is 2.14. The molecular weight excluding hydrogens is 280 g/mol. The van der Waals surface area contributed by atoms with Crippen LogP contribution in [-0.2, 0) is 0 Å². The zero-order valence-electron chi connectivity index (χ0n) is 9.27. The molecule has 0 spiro atoms. The first kappa shape index (κ1) is 11.9. The lowest BCUT2D eigenvalue weighted by Gasteiger charge is -2.07. The van der Waals surface area contributed by atoms with Crippen LogP contribution in [0.25, 0.3) is 0 Å². The number of para-hydroxylation sites is 1. The van der Waals surface area contributed by atoms with Crippen molar-refractivity contribution in [3.05, 3.63) is 53.1 Å². The zero-order chi connectivity index (χ0) is 11.9. The molecule has 1 aromatic heterocycles. The van der Waals surface area contributed by atoms with Gasteiger partial charge in [-0.2, -0.15) is 0 Å². The molecule has 0 aliphatic rings. The van der Waals surface area contributed by atoms with Gasteiger partial charge in [-0.15, -0.1) is 0 Å². The van der Waals surface area contributed by atoms with Crippen molar-refractivity contribution in [1.82, 2.24) is 4.98 Å². The number of aromatic nitrogens is 1. The van der Waals surface area contributed by atoms with Gasteiger partial charge in [0, 0.05) is 10.7 Å². The van der Waals surface area contributed by atoms with Gasteiger partial charge in [-0.25, -0.2) is 4.98 Å². The Morgan fingerprint density at radius 2 is 2.00 bits per heavy atom. The van der Waals surface area contributed by atoms with Crippen LogP contribution in [0.2, 0.25) is 0 Å². The van der Waals surface area contributed by atoms with E-state index >= 15 is 0 Å². The lowest BCUT2D eigenvalue weighted by Crippen LogP contribution is -2.12. The minimum Gasteiger partial charge on any atom is -0.492 e. The molecule has 0 aliphatic heterocycles. The second-order valence-corrected chi connectivity index (χ2v) is 4.36. The normalized spacial score (nSPS) is 9.94. The molecule has 1 aromatic carbocycles. The van der Waals surface area contributed by atoms with Crippen LogP contribution in [0.1, 0.15) is 0 Å². The summed E-state index contributed by atoms with van der Waals surface area (Å²) in [6.45, 7) is 1.33. The van der Waals surface area contributed by atoms with Crippen molar-refractivity contribution in [1.29, 1.82) is 0 Å². The first-order valence-electron chi connectivity index (χ1n) is 5.38. The molecule has 0 amide bonds. The molecule has 2 rings (SSSR count). The summed E-state index contributed by atoms with van der Waals surface area (Å²) in [5, 5.41) is 3.19. The Kier molecular flexibility index (Phi) is 4.38. The number of pyridine rings is 1. The largest absolute Gasteiger partial charge is 0.492 e. The molecule has 0 saturated heterocycles. The predicted octanol–water partition coefficient (Wildman–Crippen LogP) is 3.34. The van der Waals surface area contributed by atoms with E-state index in [1.807, 2.05) is 42.5 Å². The van der Waals surface area contributed by atoms with Crippen molar-refractivity contribution in [3.63, 3.8) is 0 Å². The van der Waals surface area contributed by atoms with Crippen LogP contribution >= 0.6 is 15.9 Å². The molecule has 0 saturated carbocycles. The maximum atomic E-state index is 5.56. The SMILES string of the molecule is Brc1ccnc(NCCOc2ccccc2)c1. The predicted molar refractivity (Wildman–Crippen MR) is 72.4 cm³/mol. The van der Waals surface area contributed by atoms with Gasteiger partial charge in [0.1, 0.15) is 18.2 Å². The van der Waals surface area contributed by atoms with E-state index in [0.717, 1.165) is 22.6 Å². The van der Waals surface area contributed by atoms with Crippen LogP contribution in [0.3, 0.4) is 0 Å². The Morgan fingerprint density at radius 3 is 2.76 bits per heavy atom. The second kappa shape index (κ2) is 6.25. The van der Waals surface area contributed by atoms with Gasteiger partial charge in [0.25, 0.3) is 0 Å². The molecule has 0 aliphatic carbocycles. The number of halogens is 1. The summed E-state index contributed by atoms with van der Waals surface area (Å²) >= 11 is 3.40. The average Bonchev–Trinajstić information content (AvgIpc) is 2.36. The van der Waals surface area contributed by atoms with Gasteiger partial charge in [-0.05, 0) is 24.3 Å². The highest BCUT2D eigenvalue weighted by Gasteiger charge is 1.95. The van der Waals surface area contributed by atoms with E-state index in [-0.39, 0.29) is 0 Å². The average molecular weight is 293 g/mol. The molecule has 0 bridgehead atoms. The van der Waals surface area contributed by atoms with Crippen LogP contribution in [0.15, 0.2) is 53.1 Å². The molecule has 4 heteroatoms. The number of rotatable bonds is 5. The molecule has 0 unspecified atom stereocenters. The first-order valence-corrected chi connectivity index (χ1v) is 6.17. The third-order valence-corrected chi connectivity index (χ3v) is 2.64. The van der Waals surface area contributed by atoms with Gasteiger partial charge < -0.3 is 10.1 Å². The number of ether oxygens (including phenoxy) is 1. The summed E-state index contributed by atoms with van der Waals surface area (Å²) in [4.78, 5) is 4.19. The van der Waals surface area contributed by atoms with Crippen molar-refractivity contribution < 1.29 is 4.74 Å². The van der Waals surface area contributed by atoms with Crippen LogP contribution in [0.4, 0.5) is 5.82 Å². The lowest BCUT2D eigenvalue weighted by molar-refractivity contribution is 0.333. The molecule has 3 nitrogen and oxygen atoms in total. The topological polar surface area (TPSA) is 34.2 Å². The fourth-order valence-electron chi connectivity index (χ4n) is 1.37. The van der Waals surface area contributed by atoms with Crippen LogP contribution < -0.4 is 10.1 Å². The zero-order valence-corrected chi connectivity index (χ0v) is 10.9. The number of hydrogen-bond donors (Lipinski definition) is 1. The highest BCUT2D eigenvalue weighted by atomic mass is 79.9. The lowest BCUT2D eigenvalue weighted by atomic mass is 10.3. The Morgan fingerprint density at radius 1 is 1.18 bits per heavy atom. The fraction of sp³-hybridized carbons (Fsp3) is 0.154. The van der Waals surface area contributed by atoms with Gasteiger partial charge >= 0.3 is 0 Å². The number of benzene rings is 1. The number of hydrogen-bond acceptors (Lipinski definition) is 3. The molecule has 1 heterocycles. The first-order chi connectivity index (χ1) is 8.34. The molecule has 0 radical (unpaired) electrons. The van der Waals surface area contributed by atoms with E-state index in [0.29, 0.717) is 6.61 Å². The van der Waals surface area contributed by atoms with Gasteiger partial charge in [-0.3, -0.25) is 0 Å². The highest BCUT2D eigenvalue weighted by Crippen LogP contribution is 2.12. The smallest absolute Gasteiger partial charge is 0.127 e. The molecular formula is C13H13BrN2O. The van der Waals surface area contributed by atoms with Crippen molar-refractivity contribution in [2.45, 2.75) is 0 Å². The maximum Gasteiger partial charge on any atom is 0.127 e. The van der Waals surface area contributed by atoms with Gasteiger partial charge in [-0.1, -0.05) is 34.1 Å². The summed E-state index contributed by atoms with van der Waals surface area (Å²) in [6.07, 6.45) is 1.75. The van der Waals surface area contributed by atoms with E-state index in [1.165, 1.54) is 0 Å². The van der Waals surface area contributed by atoms with Gasteiger partial charge in [0.2, 0.25) is 0 Å². The number of nitrogens with zero attached hydrogens (tertiary/aromatic N) is 1. The van der Waals surface area contributed by atoms with Crippen molar-refractivity contribution >= 4 is 21.7 Å². The van der Waals surface area contributed by atoms with Gasteiger partial charge in [0.15, 0.2) is 0 Å². The Balaban J connectivity index is 1.73. The fourth-order valence-corrected chi connectivity index (χ4v) is 1.70. The Bertz CT molecular complexity index is 462. The minimum atomic E-state index is 0.609. The summed E-state index contributed by atoms with van der Waals surface area (Å²) in [7, 11) is 0. The summed E-state index contributed by atoms with van der Waals surface area (Å²) in [5.74, 6) is 1.73. The van der Waals surface area contributed by atoms with Crippen molar-refractivity contribution in [2.75, 3.05) is 18.5 Å². The molecule has 88 valence electrons. The highest BCUT2D eigenvalue weighted by molar-refractivity contribution is 9.10. The van der Waals surface area contributed by atoms with E-state index < -0.39 is 0 Å². The standard InChI is InChI=1S/C13H13BrN2O/c14-11-6-7-15-13(10-11)16-8-9-17-12-4-2-1-3-5-12/h1-7,10H,8-9H2,(H,15,16). The van der Waals surface area contributed by atoms with E-state index in [9.17, 15) is 0 Å². The quantitative estimate of drug-likeness (QED) is 0.859. The van der Waals surface area contributed by atoms with Gasteiger partial charge in [0.05, 0.1) is 6.54 Å². The van der Waals surface area contributed by atoms with E-state index in [4.69, 9.17) is 4.74 Å². The molecule has 2 aromatic rings. The summed E-state index contributed by atoms with van der Waals surface area (Å²) < 4.78 is 6.57. The van der Waals surface area contributed by atoms with Crippen LogP contribution in [0.5, 0.6) is 5.75 Å². The minimum absolute atomic E-state index is 0.609. The van der Waals surface area contributed by atoms with E-state index in [1.54, 1.807) is 6.20 Å². The Hall–Kier alpha value is -1.55. The summed E-state index contributed by atoms with van der Waals surface area (Å²) in [5.41, 5.74) is 0. The monoisotopic (exact) mass is 292 g/mol. The molecule has 0 fully saturated rings. The molecule has 17 heavy (non-hydrogen) atoms. The Labute approximate surface area is 109 Å². The van der Waals surface area contributed by atoms with Crippen molar-refractivity contribution in [3.8, 4) is 5.75 Å². The number of anilines is 1. The molecule has 1 N–H and O–H groups in total. The summed E-state index contributed by atoms with van der Waals surface area (Å²) in [6, 6.07) is 13.6. The third kappa shape index (κ3) is 4.07.